The van der Waals surface area contributed by atoms with Crippen molar-refractivity contribution in [2.24, 2.45) is 0 Å². The van der Waals surface area contributed by atoms with Crippen LogP contribution in [0.4, 0.5) is 20.2 Å². The van der Waals surface area contributed by atoms with Gasteiger partial charge in [-0.3, -0.25) is 4.72 Å². The Hall–Kier alpha value is -2.10. The van der Waals surface area contributed by atoms with Crippen LogP contribution < -0.4 is 19.7 Å². The molecule has 148 valence electrons. The molecule has 1 aliphatic heterocycles. The lowest BCUT2D eigenvalue weighted by Gasteiger charge is -2.29. The first-order chi connectivity index (χ1) is 12.4. The number of rotatable bonds is 6. The Balaban J connectivity index is 0.00000261. The SMILES string of the molecule is Cl.O=S(=O)(Nc1cccc(N2CCNCC2)c1)c1cccc(OC(F)F)c1. The Kier molecular flexibility index (Phi) is 7.23. The molecule has 0 unspecified atom stereocenters. The average Bonchev–Trinajstić information content (AvgIpc) is 2.62. The third-order valence-electron chi connectivity index (χ3n) is 3.92. The van der Waals surface area contributed by atoms with E-state index in [-0.39, 0.29) is 23.1 Å². The first-order valence-corrected chi connectivity index (χ1v) is 9.56. The van der Waals surface area contributed by atoms with Crippen molar-refractivity contribution in [3.05, 3.63) is 48.5 Å². The van der Waals surface area contributed by atoms with E-state index in [2.05, 4.69) is 19.7 Å². The first kappa shape index (κ1) is 21.2. The number of benzene rings is 2. The van der Waals surface area contributed by atoms with Crippen molar-refractivity contribution >= 4 is 33.8 Å². The molecule has 27 heavy (non-hydrogen) atoms. The van der Waals surface area contributed by atoms with Crippen molar-refractivity contribution in [2.75, 3.05) is 35.8 Å². The van der Waals surface area contributed by atoms with E-state index in [9.17, 15) is 17.2 Å². The van der Waals surface area contributed by atoms with E-state index in [1.807, 2.05) is 6.07 Å². The van der Waals surface area contributed by atoms with E-state index in [1.165, 1.54) is 18.2 Å². The standard InChI is InChI=1S/C17H19F2N3O3S.ClH/c18-17(19)25-15-5-2-6-16(12-15)26(23,24)21-13-3-1-4-14(11-13)22-9-7-20-8-10-22;/h1-6,11-12,17,20-21H,7-10H2;1H. The van der Waals surface area contributed by atoms with Gasteiger partial charge in [-0.1, -0.05) is 12.1 Å². The third-order valence-corrected chi connectivity index (χ3v) is 5.30. The number of alkyl halides is 2. The second kappa shape index (κ2) is 9.20. The summed E-state index contributed by atoms with van der Waals surface area (Å²) in [6, 6.07) is 12.1. The average molecular weight is 420 g/mol. The fraction of sp³-hybridized carbons (Fsp3) is 0.294. The molecule has 2 aromatic rings. The summed E-state index contributed by atoms with van der Waals surface area (Å²) in [4.78, 5) is 2.01. The minimum Gasteiger partial charge on any atom is -0.435 e. The molecule has 0 saturated carbocycles. The number of halogens is 3. The topological polar surface area (TPSA) is 70.7 Å². The highest BCUT2D eigenvalue weighted by atomic mass is 35.5. The van der Waals surface area contributed by atoms with Crippen LogP contribution in [0.1, 0.15) is 0 Å². The van der Waals surface area contributed by atoms with Gasteiger partial charge in [0, 0.05) is 37.9 Å². The maximum atomic E-state index is 12.5. The van der Waals surface area contributed by atoms with Gasteiger partial charge in [-0.25, -0.2) is 8.42 Å². The van der Waals surface area contributed by atoms with E-state index in [1.54, 1.807) is 18.2 Å². The number of ether oxygens (including phenoxy) is 1. The van der Waals surface area contributed by atoms with Crippen LogP contribution >= 0.6 is 12.4 Å². The fourth-order valence-electron chi connectivity index (χ4n) is 2.72. The summed E-state index contributed by atoms with van der Waals surface area (Å²) in [5, 5.41) is 3.26. The van der Waals surface area contributed by atoms with Crippen molar-refractivity contribution in [1.82, 2.24) is 5.32 Å². The molecule has 0 amide bonds. The summed E-state index contributed by atoms with van der Waals surface area (Å²) < 4.78 is 56.5. The van der Waals surface area contributed by atoms with Gasteiger partial charge in [0.1, 0.15) is 5.75 Å². The predicted molar refractivity (Wildman–Crippen MR) is 103 cm³/mol. The first-order valence-electron chi connectivity index (χ1n) is 8.07. The molecule has 1 aliphatic rings. The summed E-state index contributed by atoms with van der Waals surface area (Å²) in [5.74, 6) is -0.211. The maximum absolute atomic E-state index is 12.5. The van der Waals surface area contributed by atoms with Crippen LogP contribution in [-0.2, 0) is 10.0 Å². The van der Waals surface area contributed by atoms with Crippen molar-refractivity contribution in [3.8, 4) is 5.75 Å². The number of hydrogen-bond acceptors (Lipinski definition) is 5. The smallest absolute Gasteiger partial charge is 0.387 e. The van der Waals surface area contributed by atoms with Gasteiger partial charge in [-0.2, -0.15) is 8.78 Å². The number of hydrogen-bond donors (Lipinski definition) is 2. The molecule has 0 spiro atoms. The van der Waals surface area contributed by atoms with Gasteiger partial charge in [-0.05, 0) is 30.3 Å². The molecule has 1 fully saturated rings. The second-order valence-corrected chi connectivity index (χ2v) is 7.43. The summed E-state index contributed by atoms with van der Waals surface area (Å²) in [7, 11) is -3.92. The zero-order chi connectivity index (χ0) is 18.6. The minimum atomic E-state index is -3.92. The van der Waals surface area contributed by atoms with Gasteiger partial charge in [0.05, 0.1) is 10.6 Å². The molecular weight excluding hydrogens is 400 g/mol. The number of nitrogens with zero attached hydrogens (tertiary/aromatic N) is 1. The Morgan fingerprint density at radius 2 is 1.78 bits per heavy atom. The third kappa shape index (κ3) is 5.69. The number of piperazine rings is 1. The Bertz CT molecular complexity index is 862. The van der Waals surface area contributed by atoms with Crippen LogP contribution in [0, 0.1) is 0 Å². The predicted octanol–water partition coefficient (Wildman–Crippen LogP) is 2.92. The van der Waals surface area contributed by atoms with Crippen molar-refractivity contribution in [3.63, 3.8) is 0 Å². The summed E-state index contributed by atoms with van der Waals surface area (Å²) >= 11 is 0. The monoisotopic (exact) mass is 419 g/mol. The molecule has 6 nitrogen and oxygen atoms in total. The van der Waals surface area contributed by atoms with Gasteiger partial charge in [-0.15, -0.1) is 12.4 Å². The van der Waals surface area contributed by atoms with E-state index >= 15 is 0 Å². The highest BCUT2D eigenvalue weighted by Crippen LogP contribution is 2.24. The van der Waals surface area contributed by atoms with Gasteiger partial charge in [0.15, 0.2) is 0 Å². The summed E-state index contributed by atoms with van der Waals surface area (Å²) in [6.07, 6.45) is 0. The molecule has 0 aromatic heterocycles. The molecule has 0 atom stereocenters. The molecule has 1 heterocycles. The van der Waals surface area contributed by atoms with Crippen LogP contribution in [0.3, 0.4) is 0 Å². The highest BCUT2D eigenvalue weighted by molar-refractivity contribution is 7.92. The molecule has 10 heteroatoms. The lowest BCUT2D eigenvalue weighted by Crippen LogP contribution is -2.43. The number of sulfonamides is 1. The number of nitrogens with one attached hydrogen (secondary N) is 2. The van der Waals surface area contributed by atoms with Crippen LogP contribution in [0.2, 0.25) is 0 Å². The molecule has 3 rings (SSSR count). The van der Waals surface area contributed by atoms with Crippen molar-refractivity contribution in [2.45, 2.75) is 11.5 Å². The molecule has 0 radical (unpaired) electrons. The lowest BCUT2D eigenvalue weighted by atomic mass is 10.2. The van der Waals surface area contributed by atoms with Gasteiger partial charge in [0.25, 0.3) is 10.0 Å². The van der Waals surface area contributed by atoms with Crippen LogP contribution in [0.15, 0.2) is 53.4 Å². The molecular formula is C17H20ClF2N3O3S. The van der Waals surface area contributed by atoms with Crippen molar-refractivity contribution < 1.29 is 21.9 Å². The van der Waals surface area contributed by atoms with Crippen LogP contribution in [-0.4, -0.2) is 41.2 Å². The Morgan fingerprint density at radius 3 is 2.48 bits per heavy atom. The normalized spacial score (nSPS) is 14.6. The summed E-state index contributed by atoms with van der Waals surface area (Å²) in [5.41, 5.74) is 1.32. The molecule has 2 N–H and O–H groups in total. The van der Waals surface area contributed by atoms with Crippen LogP contribution in [0.5, 0.6) is 5.75 Å². The molecule has 2 aromatic carbocycles. The van der Waals surface area contributed by atoms with Gasteiger partial charge in [0.2, 0.25) is 0 Å². The molecule has 0 aliphatic carbocycles. The molecule has 0 bridgehead atoms. The zero-order valence-electron chi connectivity index (χ0n) is 14.3. The maximum Gasteiger partial charge on any atom is 0.387 e. The quantitative estimate of drug-likeness (QED) is 0.753. The van der Waals surface area contributed by atoms with E-state index in [4.69, 9.17) is 0 Å². The second-order valence-electron chi connectivity index (χ2n) is 5.75. The minimum absolute atomic E-state index is 0. The van der Waals surface area contributed by atoms with E-state index < -0.39 is 16.6 Å². The fourth-order valence-corrected chi connectivity index (χ4v) is 3.80. The van der Waals surface area contributed by atoms with Crippen LogP contribution in [0.25, 0.3) is 0 Å². The largest absolute Gasteiger partial charge is 0.435 e. The van der Waals surface area contributed by atoms with E-state index in [0.717, 1.165) is 37.9 Å². The van der Waals surface area contributed by atoms with Gasteiger partial charge >= 0.3 is 6.61 Å². The highest BCUT2D eigenvalue weighted by Gasteiger charge is 2.17. The molecule has 1 saturated heterocycles. The van der Waals surface area contributed by atoms with Crippen molar-refractivity contribution in [1.29, 1.82) is 0 Å². The Morgan fingerprint density at radius 1 is 1.07 bits per heavy atom. The number of anilines is 2. The summed E-state index contributed by atoms with van der Waals surface area (Å²) in [6.45, 7) is 0.392. The van der Waals surface area contributed by atoms with Gasteiger partial charge < -0.3 is 15.0 Å². The lowest BCUT2D eigenvalue weighted by molar-refractivity contribution is -0.0499. The zero-order valence-corrected chi connectivity index (χ0v) is 15.9. The Labute approximate surface area is 163 Å². The van der Waals surface area contributed by atoms with E-state index in [0.29, 0.717) is 5.69 Å².